The molecule has 1 aliphatic rings. The maximum absolute atomic E-state index is 10.2. The highest BCUT2D eigenvalue weighted by atomic mass is 35.5. The van der Waals surface area contributed by atoms with E-state index >= 15 is 0 Å². The van der Waals surface area contributed by atoms with E-state index in [1.54, 1.807) is 0 Å². The number of halogens is 1. The molecule has 1 saturated heterocycles. The van der Waals surface area contributed by atoms with Gasteiger partial charge in [0.15, 0.2) is 0 Å². The van der Waals surface area contributed by atoms with Crippen LogP contribution in [0, 0.1) is 5.92 Å². The topological polar surface area (TPSA) is 26.7 Å². The second kappa shape index (κ2) is 7.41. The third-order valence-corrected chi connectivity index (χ3v) is 4.35. The second-order valence-corrected chi connectivity index (χ2v) is 6.47. The maximum Gasteiger partial charge on any atom is 0.0802 e. The number of rotatable bonds is 6. The van der Waals surface area contributed by atoms with Crippen LogP contribution in [0.1, 0.15) is 24.5 Å². The number of aliphatic hydroxyl groups is 1. The lowest BCUT2D eigenvalue weighted by Crippen LogP contribution is -2.29. The Labute approximate surface area is 127 Å². The van der Waals surface area contributed by atoms with E-state index in [-0.39, 0.29) is 0 Å². The molecular weight excluding hydrogens is 272 g/mol. The first-order chi connectivity index (χ1) is 9.54. The summed E-state index contributed by atoms with van der Waals surface area (Å²) < 4.78 is 0. The Morgan fingerprint density at radius 3 is 2.70 bits per heavy atom. The van der Waals surface area contributed by atoms with Crippen molar-refractivity contribution >= 4 is 11.6 Å². The standard InChI is InChI=1S/C16H25ClN2O/c1-18-9-7-13(11-18)12-19(2)10-8-16(20)14-3-5-15(17)6-4-14/h3-6,13,16,20H,7-12H2,1-2H3. The molecule has 20 heavy (non-hydrogen) atoms. The average molecular weight is 297 g/mol. The molecule has 3 nitrogen and oxygen atoms in total. The van der Waals surface area contributed by atoms with Crippen LogP contribution < -0.4 is 0 Å². The van der Waals surface area contributed by atoms with Crippen molar-refractivity contribution < 1.29 is 5.11 Å². The van der Waals surface area contributed by atoms with E-state index in [0.29, 0.717) is 5.02 Å². The van der Waals surface area contributed by atoms with Crippen molar-refractivity contribution in [3.05, 3.63) is 34.9 Å². The summed E-state index contributed by atoms with van der Waals surface area (Å²) in [6.45, 7) is 4.46. The number of hydrogen-bond acceptors (Lipinski definition) is 3. The molecule has 2 rings (SSSR count). The SMILES string of the molecule is CN1CCC(CN(C)CCC(O)c2ccc(Cl)cc2)C1. The highest BCUT2D eigenvalue weighted by Crippen LogP contribution is 2.20. The van der Waals surface area contributed by atoms with E-state index in [1.807, 2.05) is 24.3 Å². The minimum Gasteiger partial charge on any atom is -0.388 e. The zero-order chi connectivity index (χ0) is 14.5. The van der Waals surface area contributed by atoms with Gasteiger partial charge < -0.3 is 14.9 Å². The summed E-state index contributed by atoms with van der Waals surface area (Å²) in [5, 5.41) is 10.9. The van der Waals surface area contributed by atoms with Crippen LogP contribution >= 0.6 is 11.6 Å². The van der Waals surface area contributed by atoms with E-state index < -0.39 is 6.10 Å². The van der Waals surface area contributed by atoms with Crippen LogP contribution in [0.15, 0.2) is 24.3 Å². The van der Waals surface area contributed by atoms with Crippen LogP contribution in [-0.2, 0) is 0 Å². The molecule has 0 amide bonds. The minimum absolute atomic E-state index is 0.402. The van der Waals surface area contributed by atoms with Gasteiger partial charge in [0.2, 0.25) is 0 Å². The molecule has 112 valence electrons. The molecule has 0 spiro atoms. The Morgan fingerprint density at radius 1 is 1.40 bits per heavy atom. The highest BCUT2D eigenvalue weighted by Gasteiger charge is 2.20. The average Bonchev–Trinajstić information content (AvgIpc) is 2.82. The lowest BCUT2D eigenvalue weighted by atomic mass is 10.1. The van der Waals surface area contributed by atoms with Gasteiger partial charge in [-0.15, -0.1) is 0 Å². The van der Waals surface area contributed by atoms with Crippen molar-refractivity contribution in [2.45, 2.75) is 18.9 Å². The second-order valence-electron chi connectivity index (χ2n) is 6.04. The molecule has 0 aromatic heterocycles. The highest BCUT2D eigenvalue weighted by molar-refractivity contribution is 6.30. The van der Waals surface area contributed by atoms with Crippen LogP contribution in [0.4, 0.5) is 0 Å². The maximum atomic E-state index is 10.2. The molecule has 0 saturated carbocycles. The van der Waals surface area contributed by atoms with Crippen molar-refractivity contribution in [3.63, 3.8) is 0 Å². The van der Waals surface area contributed by atoms with Crippen LogP contribution in [0.3, 0.4) is 0 Å². The molecule has 1 fully saturated rings. The zero-order valence-corrected chi connectivity index (χ0v) is 13.2. The molecule has 4 heteroatoms. The molecule has 1 heterocycles. The minimum atomic E-state index is -0.402. The van der Waals surface area contributed by atoms with Crippen LogP contribution in [0.2, 0.25) is 5.02 Å². The summed E-state index contributed by atoms with van der Waals surface area (Å²) in [6.07, 6.45) is 1.65. The van der Waals surface area contributed by atoms with E-state index in [2.05, 4.69) is 23.9 Å². The summed E-state index contributed by atoms with van der Waals surface area (Å²) in [6, 6.07) is 7.47. The van der Waals surface area contributed by atoms with Gasteiger partial charge >= 0.3 is 0 Å². The van der Waals surface area contributed by atoms with Gasteiger partial charge in [-0.25, -0.2) is 0 Å². The number of nitrogens with zero attached hydrogens (tertiary/aromatic N) is 2. The van der Waals surface area contributed by atoms with Gasteiger partial charge in [-0.3, -0.25) is 0 Å². The van der Waals surface area contributed by atoms with Gasteiger partial charge in [0.25, 0.3) is 0 Å². The molecular formula is C16H25ClN2O. The number of hydrogen-bond donors (Lipinski definition) is 1. The molecule has 0 aliphatic carbocycles. The third kappa shape index (κ3) is 4.74. The largest absolute Gasteiger partial charge is 0.388 e. The Kier molecular flexibility index (Phi) is 5.85. The quantitative estimate of drug-likeness (QED) is 0.874. The fourth-order valence-corrected chi connectivity index (χ4v) is 3.03. The van der Waals surface area contributed by atoms with Gasteiger partial charge in [0.1, 0.15) is 0 Å². The van der Waals surface area contributed by atoms with E-state index in [9.17, 15) is 5.11 Å². The molecule has 1 aromatic carbocycles. The van der Waals surface area contributed by atoms with E-state index in [1.165, 1.54) is 19.5 Å². The third-order valence-electron chi connectivity index (χ3n) is 4.10. The predicted octanol–water partition coefficient (Wildman–Crippen LogP) is 2.65. The van der Waals surface area contributed by atoms with E-state index in [0.717, 1.165) is 31.0 Å². The Bertz CT molecular complexity index is 409. The summed E-state index contributed by atoms with van der Waals surface area (Å²) in [5.41, 5.74) is 0.948. The van der Waals surface area contributed by atoms with Gasteiger partial charge in [0.05, 0.1) is 6.10 Å². The summed E-state index contributed by atoms with van der Waals surface area (Å²) in [7, 11) is 4.33. The first-order valence-electron chi connectivity index (χ1n) is 7.35. The van der Waals surface area contributed by atoms with Crippen molar-refractivity contribution in [2.75, 3.05) is 40.3 Å². The van der Waals surface area contributed by atoms with Gasteiger partial charge in [-0.1, -0.05) is 23.7 Å². The molecule has 2 atom stereocenters. The molecule has 1 aromatic rings. The fraction of sp³-hybridized carbons (Fsp3) is 0.625. The van der Waals surface area contributed by atoms with Crippen molar-refractivity contribution in [1.82, 2.24) is 9.80 Å². The van der Waals surface area contributed by atoms with Gasteiger partial charge in [-0.05, 0) is 57.1 Å². The zero-order valence-electron chi connectivity index (χ0n) is 12.4. The Balaban J connectivity index is 1.72. The summed E-state index contributed by atoms with van der Waals surface area (Å²) >= 11 is 5.86. The smallest absolute Gasteiger partial charge is 0.0802 e. The van der Waals surface area contributed by atoms with Crippen LogP contribution in [0.25, 0.3) is 0 Å². The Morgan fingerprint density at radius 2 is 2.10 bits per heavy atom. The fourth-order valence-electron chi connectivity index (χ4n) is 2.90. The molecule has 0 radical (unpaired) electrons. The number of likely N-dealkylation sites (tertiary alicyclic amines) is 1. The van der Waals surface area contributed by atoms with Gasteiger partial charge in [-0.2, -0.15) is 0 Å². The number of aliphatic hydroxyl groups excluding tert-OH is 1. The molecule has 2 unspecified atom stereocenters. The van der Waals surface area contributed by atoms with Crippen molar-refractivity contribution in [2.24, 2.45) is 5.92 Å². The van der Waals surface area contributed by atoms with E-state index in [4.69, 9.17) is 11.6 Å². The van der Waals surface area contributed by atoms with Crippen molar-refractivity contribution in [1.29, 1.82) is 0 Å². The van der Waals surface area contributed by atoms with Gasteiger partial charge in [0, 0.05) is 24.7 Å². The molecule has 1 N–H and O–H groups in total. The van der Waals surface area contributed by atoms with Crippen LogP contribution in [0.5, 0.6) is 0 Å². The first-order valence-corrected chi connectivity index (χ1v) is 7.73. The lowest BCUT2D eigenvalue weighted by molar-refractivity contribution is 0.144. The summed E-state index contributed by atoms with van der Waals surface area (Å²) in [5.74, 6) is 0.776. The lowest BCUT2D eigenvalue weighted by Gasteiger charge is -2.22. The molecule has 1 aliphatic heterocycles. The number of benzene rings is 1. The first kappa shape index (κ1) is 15.8. The molecule has 0 bridgehead atoms. The normalized spacial score (nSPS) is 21.6. The van der Waals surface area contributed by atoms with Crippen molar-refractivity contribution in [3.8, 4) is 0 Å². The summed E-state index contributed by atoms with van der Waals surface area (Å²) in [4.78, 5) is 4.73. The van der Waals surface area contributed by atoms with Crippen LogP contribution in [-0.4, -0.2) is 55.2 Å². The Hall–Kier alpha value is -0.610. The monoisotopic (exact) mass is 296 g/mol. The predicted molar refractivity (Wildman–Crippen MR) is 84.1 cm³/mol.